The molecule has 0 saturated heterocycles. The number of rotatable bonds is 7. The lowest BCUT2D eigenvalue weighted by atomic mass is 9.79. The summed E-state index contributed by atoms with van der Waals surface area (Å²) in [4.78, 5) is 12.1. The molecule has 0 unspecified atom stereocenters. The van der Waals surface area contributed by atoms with E-state index in [1.165, 1.54) is 47.9 Å². The molecule has 0 atom stereocenters. The molecule has 3 nitrogen and oxygen atoms in total. The average molecular weight is 469 g/mol. The first-order chi connectivity index (χ1) is 16.9. The van der Waals surface area contributed by atoms with Crippen LogP contribution in [0.2, 0.25) is 0 Å². The number of aryl methyl sites for hydroxylation is 1. The van der Waals surface area contributed by atoms with E-state index in [2.05, 4.69) is 62.9 Å². The van der Waals surface area contributed by atoms with Crippen LogP contribution in [0, 0.1) is 5.92 Å². The van der Waals surface area contributed by atoms with Crippen molar-refractivity contribution in [3.05, 3.63) is 89.5 Å². The lowest BCUT2D eigenvalue weighted by Crippen LogP contribution is -2.10. The van der Waals surface area contributed by atoms with Crippen LogP contribution in [0.1, 0.15) is 69.1 Å². The Balaban J connectivity index is 1.60. The highest BCUT2D eigenvalue weighted by atomic mass is 16.5. The van der Waals surface area contributed by atoms with Crippen LogP contribution < -0.4 is 4.74 Å². The van der Waals surface area contributed by atoms with Gasteiger partial charge in [0.1, 0.15) is 5.75 Å². The van der Waals surface area contributed by atoms with Crippen LogP contribution in [-0.4, -0.2) is 11.1 Å². The van der Waals surface area contributed by atoms with Gasteiger partial charge < -0.3 is 9.84 Å². The third-order valence-electron chi connectivity index (χ3n) is 7.32. The molecule has 182 valence electrons. The van der Waals surface area contributed by atoms with Gasteiger partial charge in [-0.05, 0) is 77.5 Å². The maximum Gasteiger partial charge on any atom is 0.338 e. The zero-order valence-corrected chi connectivity index (χ0v) is 21.1. The van der Waals surface area contributed by atoms with Crippen molar-refractivity contribution >= 4 is 5.97 Å². The van der Waals surface area contributed by atoms with Gasteiger partial charge in [-0.25, -0.2) is 4.79 Å². The molecule has 0 spiro atoms. The van der Waals surface area contributed by atoms with Crippen LogP contribution in [0.4, 0.5) is 0 Å². The summed E-state index contributed by atoms with van der Waals surface area (Å²) >= 11 is 0. The maximum absolute atomic E-state index is 12.1. The highest BCUT2D eigenvalue weighted by molar-refractivity contribution is 5.89. The molecule has 1 aliphatic rings. The molecule has 0 radical (unpaired) electrons. The van der Waals surface area contributed by atoms with Gasteiger partial charge in [-0.2, -0.15) is 0 Å². The Morgan fingerprint density at radius 1 is 0.914 bits per heavy atom. The Morgan fingerprint density at radius 3 is 2.20 bits per heavy atom. The summed E-state index contributed by atoms with van der Waals surface area (Å²) in [5.74, 6) is 1.44. The number of benzene rings is 3. The number of carbonyl (C=O) groups is 1. The van der Waals surface area contributed by atoms with E-state index in [9.17, 15) is 9.90 Å². The first kappa shape index (κ1) is 24.9. The molecule has 0 aromatic heterocycles. The molecule has 1 fully saturated rings. The second-order valence-electron chi connectivity index (χ2n) is 9.95. The number of hydrogen-bond donors (Lipinski definition) is 1. The molecule has 35 heavy (non-hydrogen) atoms. The quantitative estimate of drug-likeness (QED) is 0.218. The van der Waals surface area contributed by atoms with E-state index in [1.807, 2.05) is 18.2 Å². The van der Waals surface area contributed by atoms with Gasteiger partial charge in [-0.1, -0.05) is 87.9 Å². The van der Waals surface area contributed by atoms with Crippen LogP contribution >= 0.6 is 0 Å². The summed E-state index contributed by atoms with van der Waals surface area (Å²) in [5.41, 5.74) is 8.07. The van der Waals surface area contributed by atoms with Crippen LogP contribution in [0.15, 0.2) is 72.8 Å². The molecule has 0 heterocycles. The Bertz CT molecular complexity index is 1200. The third-order valence-corrected chi connectivity index (χ3v) is 7.32. The van der Waals surface area contributed by atoms with E-state index < -0.39 is 5.97 Å². The molecule has 0 bridgehead atoms. The molecule has 0 aliphatic heterocycles. The summed E-state index contributed by atoms with van der Waals surface area (Å²) in [6, 6.07) is 21.3. The Kier molecular flexibility index (Phi) is 7.87. The van der Waals surface area contributed by atoms with Gasteiger partial charge in [0.25, 0.3) is 0 Å². The van der Waals surface area contributed by atoms with Crippen molar-refractivity contribution in [2.45, 2.75) is 65.4 Å². The molecule has 0 amide bonds. The lowest BCUT2D eigenvalue weighted by Gasteiger charge is -2.26. The predicted molar refractivity (Wildman–Crippen MR) is 143 cm³/mol. The monoisotopic (exact) mass is 468 g/mol. The van der Waals surface area contributed by atoms with Crippen molar-refractivity contribution in [3.8, 4) is 28.0 Å². The van der Waals surface area contributed by atoms with Gasteiger partial charge in [0, 0.05) is 11.1 Å². The van der Waals surface area contributed by atoms with E-state index in [-0.39, 0.29) is 6.61 Å². The van der Waals surface area contributed by atoms with E-state index in [0.717, 1.165) is 23.5 Å². The van der Waals surface area contributed by atoms with Crippen molar-refractivity contribution in [1.29, 1.82) is 0 Å². The van der Waals surface area contributed by atoms with Gasteiger partial charge in [0.2, 0.25) is 0 Å². The maximum atomic E-state index is 12.1. The zero-order chi connectivity index (χ0) is 24.9. The molecule has 1 aliphatic carbocycles. The van der Waals surface area contributed by atoms with Gasteiger partial charge in [-0.15, -0.1) is 0 Å². The summed E-state index contributed by atoms with van der Waals surface area (Å²) in [5, 5.41) is 9.70. The summed E-state index contributed by atoms with van der Waals surface area (Å²) in [6.45, 7) is 9.58. The first-order valence-corrected chi connectivity index (χ1v) is 12.7. The van der Waals surface area contributed by atoms with Crippen molar-refractivity contribution in [2.75, 3.05) is 0 Å². The predicted octanol–water partition coefficient (Wildman–Crippen LogP) is 7.85. The van der Waals surface area contributed by atoms with Crippen LogP contribution in [0.3, 0.4) is 0 Å². The van der Waals surface area contributed by atoms with E-state index in [0.29, 0.717) is 22.8 Å². The van der Waals surface area contributed by atoms with E-state index in [1.54, 1.807) is 6.92 Å². The minimum absolute atomic E-state index is 0.200. The van der Waals surface area contributed by atoms with Crippen LogP contribution in [0.25, 0.3) is 22.3 Å². The second-order valence-corrected chi connectivity index (χ2v) is 9.95. The van der Waals surface area contributed by atoms with Crippen molar-refractivity contribution < 1.29 is 14.6 Å². The minimum Gasteiger partial charge on any atom is -0.423 e. The first-order valence-electron chi connectivity index (χ1n) is 12.7. The fraction of sp³-hybridized carbons (Fsp3) is 0.344. The Labute approximate surface area is 209 Å². The van der Waals surface area contributed by atoms with Gasteiger partial charge >= 0.3 is 5.97 Å². The smallest absolute Gasteiger partial charge is 0.338 e. The number of aliphatic hydroxyl groups excluding tert-OH is 1. The third kappa shape index (κ3) is 5.74. The highest BCUT2D eigenvalue weighted by Crippen LogP contribution is 2.37. The van der Waals surface area contributed by atoms with E-state index >= 15 is 0 Å². The lowest BCUT2D eigenvalue weighted by molar-refractivity contribution is -0.130. The largest absolute Gasteiger partial charge is 0.423 e. The number of esters is 1. The number of hydrogen-bond acceptors (Lipinski definition) is 3. The van der Waals surface area contributed by atoms with Gasteiger partial charge in [0.05, 0.1) is 6.61 Å². The van der Waals surface area contributed by atoms with Crippen LogP contribution in [0.5, 0.6) is 5.75 Å². The zero-order valence-electron chi connectivity index (χ0n) is 21.1. The van der Waals surface area contributed by atoms with Crippen LogP contribution in [-0.2, 0) is 17.8 Å². The minimum atomic E-state index is -0.492. The SMILES string of the molecule is C=C(C)C(=O)Oc1cc(-c2ccc(-c3ccc(C4CCC(C)CC4)cc3)cc2CC)ccc1CO. The molecule has 3 aromatic rings. The number of aliphatic hydroxyl groups is 1. The second kappa shape index (κ2) is 11.0. The number of carbonyl (C=O) groups excluding carboxylic acids is 1. The average Bonchev–Trinajstić information content (AvgIpc) is 2.88. The summed E-state index contributed by atoms with van der Waals surface area (Å²) in [6.07, 6.45) is 6.15. The normalized spacial score (nSPS) is 17.7. The molecule has 1 saturated carbocycles. The molecule has 1 N–H and O–H groups in total. The molecule has 3 aromatic carbocycles. The van der Waals surface area contributed by atoms with Crippen molar-refractivity contribution in [1.82, 2.24) is 0 Å². The topological polar surface area (TPSA) is 46.5 Å². The molecular formula is C32H36O3. The Morgan fingerprint density at radius 2 is 1.57 bits per heavy atom. The van der Waals surface area contributed by atoms with Gasteiger partial charge in [0.15, 0.2) is 0 Å². The van der Waals surface area contributed by atoms with Gasteiger partial charge in [-0.3, -0.25) is 0 Å². The number of ether oxygens (including phenoxy) is 1. The van der Waals surface area contributed by atoms with Crippen molar-refractivity contribution in [2.24, 2.45) is 5.92 Å². The standard InChI is InChI=1S/C32H36O3/c1-5-23-18-27(26-12-10-25(11-13-26)24-8-6-22(4)7-9-24)16-17-30(23)28-14-15-29(20-33)31(19-28)35-32(34)21(2)3/h10-19,22,24,33H,2,5-9,20H2,1,3-4H3. The Hall–Kier alpha value is -3.17. The highest BCUT2D eigenvalue weighted by Gasteiger charge is 2.19. The summed E-state index contributed by atoms with van der Waals surface area (Å²) < 4.78 is 5.50. The molecular weight excluding hydrogens is 432 g/mol. The van der Waals surface area contributed by atoms with E-state index in [4.69, 9.17) is 4.74 Å². The molecule has 3 heteroatoms. The fourth-order valence-corrected chi connectivity index (χ4v) is 5.02. The van der Waals surface area contributed by atoms with Crippen molar-refractivity contribution in [3.63, 3.8) is 0 Å². The fourth-order valence-electron chi connectivity index (χ4n) is 5.02. The molecule has 4 rings (SSSR count). The summed E-state index contributed by atoms with van der Waals surface area (Å²) in [7, 11) is 0.